The van der Waals surface area contributed by atoms with Crippen LogP contribution in [-0.4, -0.2) is 34.4 Å². The molecule has 8 nitrogen and oxygen atoms in total. The Balaban J connectivity index is 1.58. The van der Waals surface area contributed by atoms with Gasteiger partial charge in [0.25, 0.3) is 5.89 Å². The summed E-state index contributed by atoms with van der Waals surface area (Å²) in [6, 6.07) is 9.53. The number of ether oxygens (including phenoxy) is 2. The average molecular weight is 355 g/mol. The molecule has 126 valence electrons. The third kappa shape index (κ3) is 2.96. The van der Waals surface area contributed by atoms with Crippen molar-refractivity contribution in [3.63, 3.8) is 0 Å². The topological polar surface area (TPSA) is 95.2 Å². The molecule has 0 saturated carbocycles. The van der Waals surface area contributed by atoms with Gasteiger partial charge in [-0.3, -0.25) is 5.32 Å². The van der Waals surface area contributed by atoms with Crippen molar-refractivity contribution in [3.05, 3.63) is 36.5 Å². The van der Waals surface area contributed by atoms with E-state index in [0.717, 1.165) is 16.0 Å². The van der Waals surface area contributed by atoms with Crippen molar-refractivity contribution < 1.29 is 13.9 Å². The number of fused-ring (bicyclic) bond motifs is 1. The van der Waals surface area contributed by atoms with E-state index in [9.17, 15) is 0 Å². The maximum atomic E-state index is 5.60. The van der Waals surface area contributed by atoms with Crippen molar-refractivity contribution >= 4 is 32.7 Å². The van der Waals surface area contributed by atoms with Crippen molar-refractivity contribution in [2.75, 3.05) is 19.5 Å². The van der Waals surface area contributed by atoms with Crippen LogP contribution in [0.4, 0.5) is 11.1 Å². The summed E-state index contributed by atoms with van der Waals surface area (Å²) in [6.07, 6.45) is 1.59. The molecule has 1 aromatic carbocycles. The quantitative estimate of drug-likeness (QED) is 0.581. The monoisotopic (exact) mass is 355 g/mol. The minimum atomic E-state index is 0.241. The molecule has 0 aliphatic rings. The number of para-hydroxylation sites is 1. The van der Waals surface area contributed by atoms with Gasteiger partial charge in [0, 0.05) is 0 Å². The van der Waals surface area contributed by atoms with Crippen molar-refractivity contribution in [2.24, 2.45) is 0 Å². The predicted molar refractivity (Wildman–Crippen MR) is 93.5 cm³/mol. The van der Waals surface area contributed by atoms with Crippen molar-refractivity contribution in [1.29, 1.82) is 0 Å². The first kappa shape index (κ1) is 15.3. The van der Waals surface area contributed by atoms with E-state index in [-0.39, 0.29) is 6.01 Å². The zero-order valence-corrected chi connectivity index (χ0v) is 14.2. The van der Waals surface area contributed by atoms with Crippen LogP contribution in [-0.2, 0) is 0 Å². The summed E-state index contributed by atoms with van der Waals surface area (Å²) in [4.78, 5) is 8.72. The third-order valence-electron chi connectivity index (χ3n) is 3.43. The highest BCUT2D eigenvalue weighted by Gasteiger charge is 2.13. The van der Waals surface area contributed by atoms with Crippen molar-refractivity contribution in [1.82, 2.24) is 20.2 Å². The minimum absolute atomic E-state index is 0.241. The molecular weight excluding hydrogens is 342 g/mol. The fourth-order valence-electron chi connectivity index (χ4n) is 2.24. The molecule has 0 radical (unpaired) electrons. The van der Waals surface area contributed by atoms with Crippen LogP contribution in [0.25, 0.3) is 21.8 Å². The SMILES string of the molecule is COc1ccc(-c2nnc(Nc3nc4c(OC)cccc4s3)o2)nc1. The Kier molecular flexibility index (Phi) is 3.90. The fraction of sp³-hybridized carbons (Fsp3) is 0.125. The molecule has 3 heterocycles. The van der Waals surface area contributed by atoms with Crippen LogP contribution in [0, 0.1) is 0 Å². The largest absolute Gasteiger partial charge is 0.495 e. The lowest BCUT2D eigenvalue weighted by molar-refractivity contribution is 0.413. The van der Waals surface area contributed by atoms with Gasteiger partial charge in [-0.25, -0.2) is 9.97 Å². The normalized spacial score (nSPS) is 10.8. The van der Waals surface area contributed by atoms with Gasteiger partial charge in [-0.2, -0.15) is 0 Å². The first-order valence-electron chi connectivity index (χ1n) is 7.31. The van der Waals surface area contributed by atoms with Crippen LogP contribution in [0.1, 0.15) is 0 Å². The van der Waals surface area contributed by atoms with Crippen LogP contribution >= 0.6 is 11.3 Å². The lowest BCUT2D eigenvalue weighted by Crippen LogP contribution is -1.89. The Hall–Kier alpha value is -3.20. The number of nitrogens with zero attached hydrogens (tertiary/aromatic N) is 4. The molecule has 3 aromatic heterocycles. The molecule has 0 amide bonds. The predicted octanol–water partition coefficient (Wildman–Crippen LogP) is 3.50. The van der Waals surface area contributed by atoms with E-state index in [1.165, 1.54) is 11.3 Å². The number of aromatic nitrogens is 4. The molecule has 0 unspecified atom stereocenters. The molecular formula is C16H13N5O3S. The first-order valence-corrected chi connectivity index (χ1v) is 8.13. The molecule has 25 heavy (non-hydrogen) atoms. The van der Waals surface area contributed by atoms with Gasteiger partial charge < -0.3 is 13.9 Å². The smallest absolute Gasteiger partial charge is 0.322 e. The third-order valence-corrected chi connectivity index (χ3v) is 4.37. The number of thiazole rings is 1. The van der Waals surface area contributed by atoms with E-state index in [0.29, 0.717) is 22.5 Å². The van der Waals surface area contributed by atoms with E-state index in [1.807, 2.05) is 18.2 Å². The number of hydrogen-bond acceptors (Lipinski definition) is 9. The van der Waals surface area contributed by atoms with Gasteiger partial charge in [-0.15, -0.1) is 5.10 Å². The minimum Gasteiger partial charge on any atom is -0.495 e. The highest BCUT2D eigenvalue weighted by Crippen LogP contribution is 2.33. The Morgan fingerprint density at radius 1 is 1.08 bits per heavy atom. The molecule has 0 spiro atoms. The summed E-state index contributed by atoms with van der Waals surface area (Å²) in [6.45, 7) is 0. The van der Waals surface area contributed by atoms with Gasteiger partial charge in [-0.05, 0) is 24.3 Å². The summed E-state index contributed by atoms with van der Waals surface area (Å²) >= 11 is 1.47. The molecule has 4 aromatic rings. The standard InChI is InChI=1S/C16H13N5O3S/c1-22-9-6-7-10(17-8-9)14-20-21-15(24-14)19-16-18-13-11(23-2)4-3-5-12(13)25-16/h3-8H,1-2H3,(H,18,19,21). The lowest BCUT2D eigenvalue weighted by atomic mass is 10.3. The number of rotatable bonds is 5. The van der Waals surface area contributed by atoms with Gasteiger partial charge in [0.05, 0.1) is 25.1 Å². The Morgan fingerprint density at radius 2 is 2.00 bits per heavy atom. The Morgan fingerprint density at radius 3 is 2.76 bits per heavy atom. The van der Waals surface area contributed by atoms with Crippen LogP contribution in [0.3, 0.4) is 0 Å². The molecule has 1 N–H and O–H groups in total. The number of hydrogen-bond donors (Lipinski definition) is 1. The van der Waals surface area contributed by atoms with Crippen molar-refractivity contribution in [3.8, 4) is 23.1 Å². The Labute approximate surface area is 146 Å². The van der Waals surface area contributed by atoms with E-state index in [1.54, 1.807) is 32.5 Å². The van der Waals surface area contributed by atoms with Crippen LogP contribution < -0.4 is 14.8 Å². The van der Waals surface area contributed by atoms with Crippen molar-refractivity contribution in [2.45, 2.75) is 0 Å². The van der Waals surface area contributed by atoms with Crippen LogP contribution in [0.15, 0.2) is 40.9 Å². The van der Waals surface area contributed by atoms with E-state index in [2.05, 4.69) is 25.5 Å². The van der Waals surface area contributed by atoms with Crippen LogP contribution in [0.2, 0.25) is 0 Å². The molecule has 0 saturated heterocycles. The lowest BCUT2D eigenvalue weighted by Gasteiger charge is -1.98. The first-order chi connectivity index (χ1) is 12.3. The maximum absolute atomic E-state index is 5.60. The van der Waals surface area contributed by atoms with Gasteiger partial charge in [-0.1, -0.05) is 22.5 Å². The average Bonchev–Trinajstić information content (AvgIpc) is 3.28. The molecule has 0 atom stereocenters. The summed E-state index contributed by atoms with van der Waals surface area (Å²) in [5.74, 6) is 1.68. The van der Waals surface area contributed by atoms with E-state index >= 15 is 0 Å². The molecule has 0 bridgehead atoms. The summed E-state index contributed by atoms with van der Waals surface area (Å²) in [5.41, 5.74) is 1.35. The summed E-state index contributed by atoms with van der Waals surface area (Å²) in [7, 11) is 3.20. The molecule has 4 rings (SSSR count). The number of methoxy groups -OCH3 is 2. The molecule has 0 fully saturated rings. The zero-order chi connectivity index (χ0) is 17.2. The molecule has 9 heteroatoms. The van der Waals surface area contributed by atoms with Gasteiger partial charge in [0.15, 0.2) is 5.13 Å². The fourth-order valence-corrected chi connectivity index (χ4v) is 3.11. The highest BCUT2D eigenvalue weighted by molar-refractivity contribution is 7.22. The molecule has 0 aliphatic carbocycles. The number of pyridine rings is 1. The second-order valence-electron chi connectivity index (χ2n) is 4.95. The maximum Gasteiger partial charge on any atom is 0.322 e. The van der Waals surface area contributed by atoms with Gasteiger partial charge >= 0.3 is 6.01 Å². The van der Waals surface area contributed by atoms with Gasteiger partial charge in [0.2, 0.25) is 0 Å². The number of nitrogens with one attached hydrogen (secondary N) is 1. The molecule has 0 aliphatic heterocycles. The number of benzene rings is 1. The second-order valence-corrected chi connectivity index (χ2v) is 5.98. The number of anilines is 2. The second kappa shape index (κ2) is 6.36. The van der Waals surface area contributed by atoms with Gasteiger partial charge in [0.1, 0.15) is 22.7 Å². The van der Waals surface area contributed by atoms with E-state index < -0.39 is 0 Å². The summed E-state index contributed by atoms with van der Waals surface area (Å²) in [5, 5.41) is 11.6. The summed E-state index contributed by atoms with van der Waals surface area (Å²) < 4.78 is 17.0. The van der Waals surface area contributed by atoms with Crippen LogP contribution in [0.5, 0.6) is 11.5 Å². The van der Waals surface area contributed by atoms with E-state index in [4.69, 9.17) is 13.9 Å². The zero-order valence-electron chi connectivity index (χ0n) is 13.4. The Bertz CT molecular complexity index is 1010. The highest BCUT2D eigenvalue weighted by atomic mass is 32.1.